The van der Waals surface area contributed by atoms with E-state index in [4.69, 9.17) is 38.5 Å². The molecule has 0 amide bonds. The molecule has 0 radical (unpaired) electrons. The van der Waals surface area contributed by atoms with Crippen LogP contribution in [0.5, 0.6) is 0 Å². The van der Waals surface area contributed by atoms with Gasteiger partial charge in [-0.3, -0.25) is 0 Å². The molecule has 0 atom stereocenters. The lowest BCUT2D eigenvalue weighted by Crippen LogP contribution is -1.66. The zero-order valence-electron chi connectivity index (χ0n) is 9.93. The number of hydrogen-bond donors (Lipinski definition) is 7. The Balaban J connectivity index is -0.0000000729. The third-order valence-electron chi connectivity index (χ3n) is 0.957. The number of hydrogen-bond acceptors (Lipinski definition) is 3. The quantitative estimate of drug-likeness (QED) is 0.293. The third kappa shape index (κ3) is 322. The Morgan fingerprint density at radius 3 is 0.882 bits per heavy atom. The minimum atomic E-state index is -4.64. The molecule has 0 aliphatic heterocycles. The maximum atomic E-state index is 8.88. The summed E-state index contributed by atoms with van der Waals surface area (Å²) >= 11 is 0. The second-order valence-corrected chi connectivity index (χ2v) is 4.79. The van der Waals surface area contributed by atoms with Gasteiger partial charge in [0.2, 0.25) is 0 Å². The molecule has 0 bridgehead atoms. The number of phosphoric acid groups is 2. The highest BCUT2D eigenvalue weighted by Crippen LogP contribution is 2.26. The highest BCUT2D eigenvalue weighted by molar-refractivity contribution is 7.45. The molecule has 0 aromatic carbocycles. The van der Waals surface area contributed by atoms with Crippen molar-refractivity contribution in [2.75, 3.05) is 0 Å². The number of unbranched alkanes of at least 4 members (excludes halogenated alkanes) is 3. The first-order valence-corrected chi connectivity index (χ1v) is 7.61. The predicted molar refractivity (Wildman–Crippen MR) is 63.4 cm³/mol. The normalized spacial score (nSPS) is 10.1. The molecule has 9 N–H and O–H groups in total. The van der Waals surface area contributed by atoms with Crippen LogP contribution in [0.4, 0.5) is 0 Å². The van der Waals surface area contributed by atoms with E-state index in [0.717, 1.165) is 0 Å². The molecule has 110 valence electrons. The molecule has 11 heteroatoms. The molecule has 0 rings (SSSR count). The summed E-state index contributed by atoms with van der Waals surface area (Å²) in [7, 11) is -9.28. The van der Waals surface area contributed by atoms with E-state index in [1.165, 1.54) is 25.7 Å². The summed E-state index contributed by atoms with van der Waals surface area (Å²) < 4.78 is 17.8. The molecule has 0 aromatic heterocycles. The van der Waals surface area contributed by atoms with Crippen LogP contribution in [0.3, 0.4) is 0 Å². The molecule has 9 nitrogen and oxygen atoms in total. The summed E-state index contributed by atoms with van der Waals surface area (Å²) in [5.41, 5.74) is 0. The summed E-state index contributed by atoms with van der Waals surface area (Å²) in [4.78, 5) is 43.1. The fourth-order valence-electron chi connectivity index (χ4n) is 0.500. The molecule has 0 aliphatic rings. The standard InChI is InChI=1S/C6H14.H3N.2H3O4P/c1-3-5-6-4-2;;2*1-5(2,3)4/h3-6H2,1-2H3;1H3;2*(H3,1,2,3,4). The Hall–Kier alpha value is 0.180. The lowest BCUT2D eigenvalue weighted by Gasteiger charge is -1.86. The molecule has 0 aromatic rings. The van der Waals surface area contributed by atoms with Gasteiger partial charge in [-0.2, -0.15) is 0 Å². The van der Waals surface area contributed by atoms with Crippen LogP contribution < -0.4 is 6.15 Å². The highest BCUT2D eigenvalue weighted by atomic mass is 31.2. The molecular weight excluding hydrogens is 276 g/mol. The molecule has 0 spiro atoms. The van der Waals surface area contributed by atoms with Gasteiger partial charge in [0.1, 0.15) is 0 Å². The van der Waals surface area contributed by atoms with Crippen molar-refractivity contribution in [3.63, 3.8) is 0 Å². The van der Waals surface area contributed by atoms with Crippen molar-refractivity contribution in [1.82, 2.24) is 6.15 Å². The summed E-state index contributed by atoms with van der Waals surface area (Å²) in [6.07, 6.45) is 5.54. The van der Waals surface area contributed by atoms with Crippen LogP contribution in [0.25, 0.3) is 0 Å². The van der Waals surface area contributed by atoms with Gasteiger partial charge in [0, 0.05) is 0 Å². The van der Waals surface area contributed by atoms with Gasteiger partial charge < -0.3 is 35.5 Å². The minimum absolute atomic E-state index is 0. The number of rotatable bonds is 3. The van der Waals surface area contributed by atoms with Crippen LogP contribution in [0.2, 0.25) is 0 Å². The summed E-state index contributed by atoms with van der Waals surface area (Å²) in [6, 6.07) is 0. The van der Waals surface area contributed by atoms with E-state index in [1.807, 2.05) is 0 Å². The molecule has 0 aliphatic carbocycles. The average molecular weight is 299 g/mol. The summed E-state index contributed by atoms with van der Waals surface area (Å²) in [6.45, 7) is 4.46. The Kier molecular flexibility index (Phi) is 21.7. The molecule has 0 saturated carbocycles. The van der Waals surface area contributed by atoms with Gasteiger partial charge in [0.25, 0.3) is 0 Å². The fraction of sp³-hybridized carbons (Fsp3) is 1.00. The van der Waals surface area contributed by atoms with E-state index >= 15 is 0 Å². The van der Waals surface area contributed by atoms with Crippen molar-refractivity contribution < 1.29 is 38.5 Å². The van der Waals surface area contributed by atoms with E-state index in [0.29, 0.717) is 0 Å². The van der Waals surface area contributed by atoms with Gasteiger partial charge in [0.15, 0.2) is 0 Å². The summed E-state index contributed by atoms with van der Waals surface area (Å²) in [5.74, 6) is 0. The third-order valence-corrected chi connectivity index (χ3v) is 0.957. The maximum Gasteiger partial charge on any atom is 0.466 e. The SMILES string of the molecule is CCCCCC.N.O=P(O)(O)O.O=P(O)(O)O. The predicted octanol–water partition coefficient (Wildman–Crippen LogP) is 0.891. The van der Waals surface area contributed by atoms with Crippen molar-refractivity contribution in [1.29, 1.82) is 0 Å². The Morgan fingerprint density at radius 2 is 0.824 bits per heavy atom. The van der Waals surface area contributed by atoms with Crippen LogP contribution >= 0.6 is 15.6 Å². The molecule has 0 heterocycles. The average Bonchev–Trinajstić information content (AvgIpc) is 1.94. The smallest absolute Gasteiger partial charge is 0.344 e. The van der Waals surface area contributed by atoms with Crippen LogP contribution in [-0.2, 0) is 9.13 Å². The first-order valence-electron chi connectivity index (χ1n) is 4.48. The maximum absolute atomic E-state index is 8.88. The van der Waals surface area contributed by atoms with Gasteiger partial charge in [-0.05, 0) is 0 Å². The van der Waals surface area contributed by atoms with Crippen molar-refractivity contribution in [2.45, 2.75) is 39.5 Å². The zero-order chi connectivity index (χ0) is 13.8. The van der Waals surface area contributed by atoms with Crippen molar-refractivity contribution >= 4 is 15.6 Å². The first kappa shape index (κ1) is 25.9. The van der Waals surface area contributed by atoms with Gasteiger partial charge in [-0.1, -0.05) is 39.5 Å². The van der Waals surface area contributed by atoms with Gasteiger partial charge in [0.05, 0.1) is 0 Å². The van der Waals surface area contributed by atoms with Crippen molar-refractivity contribution in [3.05, 3.63) is 0 Å². The van der Waals surface area contributed by atoms with Gasteiger partial charge in [-0.25, -0.2) is 9.13 Å². The Labute approximate surface area is 101 Å². The molecule has 0 unspecified atom stereocenters. The molecular formula is C6H23NO8P2. The second kappa shape index (κ2) is 14.2. The van der Waals surface area contributed by atoms with Crippen molar-refractivity contribution in [2.24, 2.45) is 0 Å². The second-order valence-electron chi connectivity index (χ2n) is 2.73. The highest BCUT2D eigenvalue weighted by Gasteiger charge is 2.00. The minimum Gasteiger partial charge on any atom is -0.344 e. The molecule has 0 saturated heterocycles. The van der Waals surface area contributed by atoms with E-state index in [1.54, 1.807) is 0 Å². The Morgan fingerprint density at radius 1 is 0.706 bits per heavy atom. The van der Waals surface area contributed by atoms with Crippen LogP contribution in [-0.4, -0.2) is 29.4 Å². The van der Waals surface area contributed by atoms with E-state index in [9.17, 15) is 0 Å². The monoisotopic (exact) mass is 299 g/mol. The van der Waals surface area contributed by atoms with E-state index < -0.39 is 15.6 Å². The van der Waals surface area contributed by atoms with E-state index in [-0.39, 0.29) is 6.15 Å². The van der Waals surface area contributed by atoms with Crippen LogP contribution in [0, 0.1) is 0 Å². The van der Waals surface area contributed by atoms with E-state index in [2.05, 4.69) is 13.8 Å². The molecule has 0 fully saturated rings. The lowest BCUT2D eigenvalue weighted by molar-refractivity contribution is 0.272. The van der Waals surface area contributed by atoms with Crippen LogP contribution in [0.15, 0.2) is 0 Å². The first-order chi connectivity index (χ1) is 6.91. The lowest BCUT2D eigenvalue weighted by atomic mass is 10.2. The topological polar surface area (TPSA) is 191 Å². The van der Waals surface area contributed by atoms with Gasteiger partial charge >= 0.3 is 15.6 Å². The molecule has 17 heavy (non-hydrogen) atoms. The van der Waals surface area contributed by atoms with Crippen molar-refractivity contribution in [3.8, 4) is 0 Å². The zero-order valence-corrected chi connectivity index (χ0v) is 11.7. The largest absolute Gasteiger partial charge is 0.466 e. The van der Waals surface area contributed by atoms with Crippen LogP contribution in [0.1, 0.15) is 39.5 Å². The van der Waals surface area contributed by atoms with Gasteiger partial charge in [-0.15, -0.1) is 0 Å². The Bertz CT molecular complexity index is 184. The summed E-state index contributed by atoms with van der Waals surface area (Å²) in [5, 5.41) is 0. The fourth-order valence-corrected chi connectivity index (χ4v) is 0.500.